The molecule has 0 fully saturated rings. The summed E-state index contributed by atoms with van der Waals surface area (Å²) in [5.74, 6) is 0.192. The van der Waals surface area contributed by atoms with Gasteiger partial charge in [0.15, 0.2) is 19.4 Å². The predicted octanol–water partition coefficient (Wildman–Crippen LogP) is 0.218. The van der Waals surface area contributed by atoms with Gasteiger partial charge in [-0.2, -0.15) is 0 Å². The Bertz CT molecular complexity index is 560. The Morgan fingerprint density at radius 3 is 2.33 bits per heavy atom. The zero-order valence-corrected chi connectivity index (χ0v) is 11.0. The van der Waals surface area contributed by atoms with Gasteiger partial charge in [0.1, 0.15) is 11.3 Å². The van der Waals surface area contributed by atoms with Gasteiger partial charge in [-0.25, -0.2) is 9.97 Å². The maximum atomic E-state index is 9.37. The van der Waals surface area contributed by atoms with Crippen LogP contribution < -0.4 is 5.73 Å². The molecule has 0 amide bonds. The van der Waals surface area contributed by atoms with E-state index in [-0.39, 0.29) is 11.6 Å². The van der Waals surface area contributed by atoms with Crippen molar-refractivity contribution in [2.75, 3.05) is 5.73 Å². The highest BCUT2D eigenvalue weighted by molar-refractivity contribution is 6.12. The average Bonchev–Trinajstić information content (AvgIpc) is 2.58. The molecule has 2 aromatic heterocycles. The Morgan fingerprint density at radius 1 is 1.28 bits per heavy atom. The SMILES string of the molecule is CC.[B]C(O)(O)c1nc(C)c2c(N)nc(C)cn12. The Morgan fingerprint density at radius 2 is 1.83 bits per heavy atom. The number of fused-ring (bicyclic) bond motifs is 1. The zero-order valence-electron chi connectivity index (χ0n) is 11.0. The first-order chi connectivity index (χ1) is 8.30. The molecule has 0 aliphatic rings. The van der Waals surface area contributed by atoms with Crippen LogP contribution in [-0.4, -0.2) is 32.4 Å². The van der Waals surface area contributed by atoms with E-state index in [9.17, 15) is 10.2 Å². The third kappa shape index (κ3) is 2.47. The number of aryl methyl sites for hydroxylation is 2. The lowest BCUT2D eigenvalue weighted by molar-refractivity contribution is -0.0982. The van der Waals surface area contributed by atoms with Crippen molar-refractivity contribution in [2.45, 2.75) is 33.4 Å². The first-order valence-electron chi connectivity index (χ1n) is 5.66. The number of rotatable bonds is 1. The Balaban J connectivity index is 0.000000771. The molecule has 4 N–H and O–H groups in total. The second-order valence-electron chi connectivity index (χ2n) is 3.73. The minimum atomic E-state index is -2.50. The standard InChI is InChI=1S/C9H11BN4O2.C2H6/c1-4-3-14-6(7(11)12-4)5(2)13-8(14)9(10,15)16;1-2/h3,15-16H,1-2H3,(H2,11,12);1-2H3. The molecule has 0 saturated carbocycles. The molecule has 7 heteroatoms. The number of nitrogens with zero attached hydrogens (tertiary/aromatic N) is 3. The van der Waals surface area contributed by atoms with E-state index < -0.39 is 5.69 Å². The van der Waals surface area contributed by atoms with E-state index in [2.05, 4.69) is 9.97 Å². The molecule has 0 unspecified atom stereocenters. The number of anilines is 1. The second kappa shape index (κ2) is 4.95. The maximum absolute atomic E-state index is 9.37. The molecule has 0 aliphatic heterocycles. The van der Waals surface area contributed by atoms with Crippen molar-refractivity contribution in [3.05, 3.63) is 23.4 Å². The van der Waals surface area contributed by atoms with E-state index >= 15 is 0 Å². The van der Waals surface area contributed by atoms with Gasteiger partial charge in [0.25, 0.3) is 0 Å². The third-order valence-corrected chi connectivity index (χ3v) is 2.27. The van der Waals surface area contributed by atoms with Crippen molar-refractivity contribution < 1.29 is 10.2 Å². The van der Waals surface area contributed by atoms with Crippen LogP contribution in [0.5, 0.6) is 0 Å². The van der Waals surface area contributed by atoms with E-state index in [1.807, 2.05) is 13.8 Å². The molecule has 2 heterocycles. The van der Waals surface area contributed by atoms with Crippen LogP contribution >= 0.6 is 0 Å². The van der Waals surface area contributed by atoms with Crippen LogP contribution in [0.3, 0.4) is 0 Å². The van der Waals surface area contributed by atoms with Gasteiger partial charge in [-0.1, -0.05) is 13.8 Å². The lowest BCUT2D eigenvalue weighted by Crippen LogP contribution is -2.28. The number of hydrogen-bond acceptors (Lipinski definition) is 5. The van der Waals surface area contributed by atoms with E-state index in [1.165, 1.54) is 4.40 Å². The van der Waals surface area contributed by atoms with Crippen LogP contribution in [0.4, 0.5) is 5.82 Å². The van der Waals surface area contributed by atoms with E-state index in [1.54, 1.807) is 20.0 Å². The van der Waals surface area contributed by atoms with Crippen molar-refractivity contribution in [1.82, 2.24) is 14.4 Å². The van der Waals surface area contributed by atoms with Crippen LogP contribution in [0.15, 0.2) is 6.20 Å². The van der Waals surface area contributed by atoms with E-state index in [0.717, 1.165) is 0 Å². The van der Waals surface area contributed by atoms with Gasteiger partial charge in [0.2, 0.25) is 0 Å². The lowest BCUT2D eigenvalue weighted by atomic mass is 9.94. The molecule has 96 valence electrons. The van der Waals surface area contributed by atoms with Crippen LogP contribution in [0.2, 0.25) is 0 Å². The van der Waals surface area contributed by atoms with Gasteiger partial charge in [-0.3, -0.25) is 4.40 Å². The van der Waals surface area contributed by atoms with Gasteiger partial charge in [0, 0.05) is 6.20 Å². The first-order valence-corrected chi connectivity index (χ1v) is 5.66. The topological polar surface area (TPSA) is 96.7 Å². The number of aliphatic hydroxyl groups is 2. The minimum absolute atomic E-state index is 0.0859. The summed E-state index contributed by atoms with van der Waals surface area (Å²) in [7, 11) is 5.20. The number of imidazole rings is 1. The summed E-state index contributed by atoms with van der Waals surface area (Å²) in [5.41, 5.74) is 4.93. The molecule has 0 saturated heterocycles. The monoisotopic (exact) mass is 248 g/mol. The van der Waals surface area contributed by atoms with Crippen molar-refractivity contribution in [1.29, 1.82) is 0 Å². The largest absolute Gasteiger partial charge is 0.382 e. The predicted molar refractivity (Wildman–Crippen MR) is 70.1 cm³/mol. The average molecular weight is 248 g/mol. The first kappa shape index (κ1) is 14.5. The summed E-state index contributed by atoms with van der Waals surface area (Å²) in [4.78, 5) is 8.05. The molecule has 6 nitrogen and oxygen atoms in total. The van der Waals surface area contributed by atoms with Crippen LogP contribution in [-0.2, 0) is 5.69 Å². The molecule has 2 radical (unpaired) electrons. The summed E-state index contributed by atoms with van der Waals surface area (Å²) < 4.78 is 1.44. The number of hydrogen-bond donors (Lipinski definition) is 3. The van der Waals surface area contributed by atoms with Crippen molar-refractivity contribution in [3.63, 3.8) is 0 Å². The summed E-state index contributed by atoms with van der Waals surface area (Å²) in [6.45, 7) is 7.43. The van der Waals surface area contributed by atoms with Crippen LogP contribution in [0.25, 0.3) is 5.52 Å². The molecule has 0 atom stereocenters. The fourth-order valence-corrected chi connectivity index (χ4v) is 1.70. The van der Waals surface area contributed by atoms with Gasteiger partial charge in [0.05, 0.1) is 11.4 Å². The van der Waals surface area contributed by atoms with Gasteiger partial charge in [-0.05, 0) is 13.8 Å². The number of aromatic nitrogens is 3. The quantitative estimate of drug-likeness (QED) is 0.495. The Labute approximate surface area is 107 Å². The molecule has 18 heavy (non-hydrogen) atoms. The molecule has 2 rings (SSSR count). The summed E-state index contributed by atoms with van der Waals surface area (Å²) in [6.07, 6.45) is 1.59. The third-order valence-electron chi connectivity index (χ3n) is 2.27. The summed E-state index contributed by atoms with van der Waals surface area (Å²) in [5, 5.41) is 18.7. The highest BCUT2D eigenvalue weighted by atomic mass is 16.5. The minimum Gasteiger partial charge on any atom is -0.382 e. The molecule has 0 aliphatic carbocycles. The summed E-state index contributed by atoms with van der Waals surface area (Å²) >= 11 is 0. The Kier molecular flexibility index (Phi) is 3.98. The van der Waals surface area contributed by atoms with Crippen molar-refractivity contribution in [3.8, 4) is 0 Å². The fourth-order valence-electron chi connectivity index (χ4n) is 1.70. The highest BCUT2D eigenvalue weighted by Gasteiger charge is 2.26. The van der Waals surface area contributed by atoms with Crippen molar-refractivity contribution in [2.24, 2.45) is 0 Å². The zero-order chi connectivity index (χ0) is 14.1. The number of nitrogens with two attached hydrogens (primary N) is 1. The normalized spacial score (nSPS) is 11.2. The smallest absolute Gasteiger partial charge is 0.171 e. The van der Waals surface area contributed by atoms with E-state index in [4.69, 9.17) is 13.6 Å². The fraction of sp³-hybridized carbons (Fsp3) is 0.455. The van der Waals surface area contributed by atoms with Crippen molar-refractivity contribution >= 4 is 19.2 Å². The molecule has 0 bridgehead atoms. The van der Waals surface area contributed by atoms with Gasteiger partial charge >= 0.3 is 0 Å². The highest BCUT2D eigenvalue weighted by Crippen LogP contribution is 2.22. The lowest BCUT2D eigenvalue weighted by Gasteiger charge is -2.15. The summed E-state index contributed by atoms with van der Waals surface area (Å²) in [6, 6.07) is 0. The van der Waals surface area contributed by atoms with Crippen LogP contribution in [0, 0.1) is 13.8 Å². The molecule has 2 aromatic rings. The maximum Gasteiger partial charge on any atom is 0.171 e. The van der Waals surface area contributed by atoms with Gasteiger partial charge < -0.3 is 15.9 Å². The number of nitrogen functional groups attached to an aromatic ring is 1. The molecule has 0 spiro atoms. The molecular formula is C11H17BN4O2. The second-order valence-corrected chi connectivity index (χ2v) is 3.73. The molecular weight excluding hydrogens is 231 g/mol. The Hall–Kier alpha value is -1.60. The molecule has 0 aromatic carbocycles. The van der Waals surface area contributed by atoms with Crippen LogP contribution in [0.1, 0.15) is 31.1 Å². The van der Waals surface area contributed by atoms with Gasteiger partial charge in [-0.15, -0.1) is 0 Å². The van der Waals surface area contributed by atoms with E-state index in [0.29, 0.717) is 16.9 Å².